The molecular formula is C20H22FN. The van der Waals surface area contributed by atoms with Gasteiger partial charge in [-0.25, -0.2) is 4.39 Å². The summed E-state index contributed by atoms with van der Waals surface area (Å²) < 4.78 is 13.1. The summed E-state index contributed by atoms with van der Waals surface area (Å²) in [6, 6.07) is 14.9. The van der Waals surface area contributed by atoms with E-state index < -0.39 is 0 Å². The largest absolute Gasteiger partial charge is 0.348 e. The Morgan fingerprint density at radius 2 is 1.82 bits per heavy atom. The predicted molar refractivity (Wildman–Crippen MR) is 91.6 cm³/mol. The van der Waals surface area contributed by atoms with Gasteiger partial charge >= 0.3 is 0 Å². The number of benzene rings is 2. The quantitative estimate of drug-likeness (QED) is 0.655. The molecule has 2 aromatic rings. The van der Waals surface area contributed by atoms with Crippen molar-refractivity contribution in [1.82, 2.24) is 4.90 Å². The van der Waals surface area contributed by atoms with Crippen LogP contribution >= 0.6 is 0 Å². The summed E-state index contributed by atoms with van der Waals surface area (Å²) in [6.45, 7) is 8.87. The van der Waals surface area contributed by atoms with E-state index in [1.54, 1.807) is 0 Å². The second-order valence-electron chi connectivity index (χ2n) is 5.23. The Balaban J connectivity index is 2.34. The van der Waals surface area contributed by atoms with E-state index in [-0.39, 0.29) is 5.82 Å². The molecule has 0 N–H and O–H groups in total. The van der Waals surface area contributed by atoms with Crippen molar-refractivity contribution in [2.24, 2.45) is 0 Å². The van der Waals surface area contributed by atoms with Crippen LogP contribution in [0, 0.1) is 5.82 Å². The average molecular weight is 295 g/mol. The molecule has 0 radical (unpaired) electrons. The van der Waals surface area contributed by atoms with E-state index >= 15 is 0 Å². The zero-order valence-corrected chi connectivity index (χ0v) is 13.2. The predicted octanol–water partition coefficient (Wildman–Crippen LogP) is 5.75. The van der Waals surface area contributed by atoms with Crippen molar-refractivity contribution in [3.63, 3.8) is 0 Å². The van der Waals surface area contributed by atoms with Gasteiger partial charge in [-0.3, -0.25) is 0 Å². The standard InChI is InChI=1S/C20H22FN/c1-4-8-16(3)22(5-2)15-18-9-6-7-10-20(18)17-11-13-19(21)14-12-17/h5-14H,2,4,15H2,1,3H3/b16-8-. The van der Waals surface area contributed by atoms with Gasteiger partial charge < -0.3 is 4.90 Å². The van der Waals surface area contributed by atoms with Crippen LogP contribution < -0.4 is 0 Å². The fraction of sp³-hybridized carbons (Fsp3) is 0.200. The number of hydrogen-bond acceptors (Lipinski definition) is 1. The number of halogens is 1. The lowest BCUT2D eigenvalue weighted by Crippen LogP contribution is -2.14. The summed E-state index contributed by atoms with van der Waals surface area (Å²) in [5.74, 6) is -0.212. The van der Waals surface area contributed by atoms with E-state index in [0.29, 0.717) is 0 Å². The molecule has 0 fully saturated rings. The molecule has 0 bridgehead atoms. The van der Waals surface area contributed by atoms with E-state index in [1.165, 1.54) is 23.4 Å². The molecule has 0 atom stereocenters. The molecule has 0 aliphatic rings. The number of rotatable bonds is 6. The van der Waals surface area contributed by atoms with Crippen molar-refractivity contribution in [2.75, 3.05) is 0 Å². The maximum absolute atomic E-state index is 13.1. The molecule has 0 aromatic heterocycles. The minimum atomic E-state index is -0.212. The van der Waals surface area contributed by atoms with Crippen molar-refractivity contribution >= 4 is 0 Å². The summed E-state index contributed by atoms with van der Waals surface area (Å²) in [6.07, 6.45) is 5.03. The molecular weight excluding hydrogens is 273 g/mol. The van der Waals surface area contributed by atoms with Crippen molar-refractivity contribution in [2.45, 2.75) is 26.8 Å². The molecule has 2 heteroatoms. The Morgan fingerprint density at radius 1 is 1.14 bits per heavy atom. The zero-order valence-electron chi connectivity index (χ0n) is 13.2. The molecule has 0 aliphatic carbocycles. The van der Waals surface area contributed by atoms with Crippen molar-refractivity contribution in [1.29, 1.82) is 0 Å². The highest BCUT2D eigenvalue weighted by Gasteiger charge is 2.08. The van der Waals surface area contributed by atoms with Gasteiger partial charge in [0.2, 0.25) is 0 Å². The molecule has 2 aromatic carbocycles. The van der Waals surface area contributed by atoms with E-state index in [2.05, 4.69) is 43.5 Å². The van der Waals surface area contributed by atoms with Gasteiger partial charge in [0, 0.05) is 12.2 Å². The molecule has 0 unspecified atom stereocenters. The third-order valence-electron chi connectivity index (χ3n) is 3.69. The van der Waals surface area contributed by atoms with Crippen LogP contribution in [-0.2, 0) is 6.54 Å². The van der Waals surface area contributed by atoms with Crippen LogP contribution in [0.5, 0.6) is 0 Å². The van der Waals surface area contributed by atoms with Crippen LogP contribution in [0.3, 0.4) is 0 Å². The van der Waals surface area contributed by atoms with Crippen molar-refractivity contribution in [3.8, 4) is 11.1 Å². The van der Waals surface area contributed by atoms with E-state index in [9.17, 15) is 4.39 Å². The zero-order chi connectivity index (χ0) is 15.9. The topological polar surface area (TPSA) is 3.24 Å². The summed E-state index contributed by atoms with van der Waals surface area (Å²) in [7, 11) is 0. The van der Waals surface area contributed by atoms with Crippen LogP contribution in [-0.4, -0.2) is 4.90 Å². The molecule has 0 aliphatic heterocycles. The minimum absolute atomic E-state index is 0.212. The van der Waals surface area contributed by atoms with Crippen LogP contribution in [0.4, 0.5) is 4.39 Å². The third-order valence-corrected chi connectivity index (χ3v) is 3.69. The maximum Gasteiger partial charge on any atom is 0.123 e. The molecule has 0 heterocycles. The number of allylic oxidation sites excluding steroid dienone is 2. The molecule has 0 saturated carbocycles. The average Bonchev–Trinajstić information content (AvgIpc) is 2.54. The third kappa shape index (κ3) is 3.85. The molecule has 1 nitrogen and oxygen atoms in total. The van der Waals surface area contributed by atoms with Gasteiger partial charge in [0.25, 0.3) is 0 Å². The SMILES string of the molecule is C=CN(Cc1ccccc1-c1ccc(F)cc1)/C(C)=C\CC. The lowest BCUT2D eigenvalue weighted by atomic mass is 9.99. The summed E-state index contributed by atoms with van der Waals surface area (Å²) in [5, 5.41) is 0. The fourth-order valence-electron chi connectivity index (χ4n) is 2.50. The normalized spacial score (nSPS) is 11.3. The first-order chi connectivity index (χ1) is 10.7. The Labute approximate surface area is 132 Å². The van der Waals surface area contributed by atoms with Gasteiger partial charge in [0.1, 0.15) is 5.82 Å². The Bertz CT molecular complexity index is 656. The molecule has 0 spiro atoms. The van der Waals surface area contributed by atoms with Gasteiger partial charge in [-0.05, 0) is 48.4 Å². The first-order valence-corrected chi connectivity index (χ1v) is 7.55. The maximum atomic E-state index is 13.1. The molecule has 0 amide bonds. The van der Waals surface area contributed by atoms with Gasteiger partial charge in [0.15, 0.2) is 0 Å². The molecule has 22 heavy (non-hydrogen) atoms. The van der Waals surface area contributed by atoms with Crippen LogP contribution in [0.15, 0.2) is 73.1 Å². The fourth-order valence-corrected chi connectivity index (χ4v) is 2.50. The minimum Gasteiger partial charge on any atom is -0.348 e. The van der Waals surface area contributed by atoms with E-state index in [4.69, 9.17) is 0 Å². The van der Waals surface area contributed by atoms with Crippen molar-refractivity contribution < 1.29 is 4.39 Å². The summed E-state index contributed by atoms with van der Waals surface area (Å²) >= 11 is 0. The van der Waals surface area contributed by atoms with Crippen LogP contribution in [0.25, 0.3) is 11.1 Å². The van der Waals surface area contributed by atoms with Crippen molar-refractivity contribution in [3.05, 3.63) is 84.5 Å². The van der Waals surface area contributed by atoms with Gasteiger partial charge in [-0.15, -0.1) is 0 Å². The monoisotopic (exact) mass is 295 g/mol. The highest BCUT2D eigenvalue weighted by atomic mass is 19.1. The lowest BCUT2D eigenvalue weighted by molar-refractivity contribution is 0.460. The van der Waals surface area contributed by atoms with Crippen LogP contribution in [0.2, 0.25) is 0 Å². The first-order valence-electron chi connectivity index (χ1n) is 7.55. The number of nitrogens with zero attached hydrogens (tertiary/aromatic N) is 1. The van der Waals surface area contributed by atoms with Gasteiger partial charge in [-0.2, -0.15) is 0 Å². The smallest absolute Gasteiger partial charge is 0.123 e. The van der Waals surface area contributed by atoms with Gasteiger partial charge in [-0.1, -0.05) is 56.0 Å². The highest BCUT2D eigenvalue weighted by molar-refractivity contribution is 5.67. The second kappa shape index (κ2) is 7.60. The van der Waals surface area contributed by atoms with Crippen LogP contribution in [0.1, 0.15) is 25.8 Å². The van der Waals surface area contributed by atoms with E-state index in [1.807, 2.05) is 30.5 Å². The first kappa shape index (κ1) is 16.0. The lowest BCUT2D eigenvalue weighted by Gasteiger charge is -2.22. The van der Waals surface area contributed by atoms with E-state index in [0.717, 1.165) is 24.1 Å². The molecule has 0 saturated heterocycles. The Morgan fingerprint density at radius 3 is 2.45 bits per heavy atom. The Hall–Kier alpha value is -2.35. The molecule has 114 valence electrons. The molecule has 2 rings (SSSR count). The summed E-state index contributed by atoms with van der Waals surface area (Å²) in [5.41, 5.74) is 4.53. The number of hydrogen-bond donors (Lipinski definition) is 0. The second-order valence-corrected chi connectivity index (χ2v) is 5.23. The highest BCUT2D eigenvalue weighted by Crippen LogP contribution is 2.26. The summed E-state index contributed by atoms with van der Waals surface area (Å²) in [4.78, 5) is 2.13. The van der Waals surface area contributed by atoms with Gasteiger partial charge in [0.05, 0.1) is 0 Å². The Kier molecular flexibility index (Phi) is 5.54.